The van der Waals surface area contributed by atoms with Gasteiger partial charge in [-0.25, -0.2) is 0 Å². The van der Waals surface area contributed by atoms with Crippen molar-refractivity contribution >= 4 is 23.9 Å². The molecule has 26 heavy (non-hydrogen) atoms. The molecule has 10 heteroatoms. The molecule has 0 aliphatic heterocycles. The predicted octanol–water partition coefficient (Wildman–Crippen LogP) is -3.18. The second-order valence-corrected chi connectivity index (χ2v) is 4.30. The van der Waals surface area contributed by atoms with Crippen LogP contribution in [0.15, 0.2) is 48.5 Å². The van der Waals surface area contributed by atoms with Crippen molar-refractivity contribution in [1.29, 1.82) is 0 Å². The number of carboxylic acid groups (broad SMARTS) is 4. The molecule has 0 bridgehead atoms. The van der Waals surface area contributed by atoms with Crippen molar-refractivity contribution in [3.05, 3.63) is 70.8 Å². The third kappa shape index (κ3) is 7.96. The molecule has 0 saturated carbocycles. The van der Waals surface area contributed by atoms with Crippen molar-refractivity contribution in [3.63, 3.8) is 0 Å². The van der Waals surface area contributed by atoms with E-state index < -0.39 is 23.9 Å². The second kappa shape index (κ2) is 11.8. The summed E-state index contributed by atoms with van der Waals surface area (Å²) in [6.07, 6.45) is 0. The van der Waals surface area contributed by atoms with E-state index in [4.69, 9.17) is 0 Å². The molecule has 0 saturated heterocycles. The maximum absolute atomic E-state index is 10.2. The van der Waals surface area contributed by atoms with E-state index in [9.17, 15) is 39.6 Å². The van der Waals surface area contributed by atoms with E-state index in [1.54, 1.807) is 0 Å². The minimum atomic E-state index is -1.33. The fourth-order valence-corrected chi connectivity index (χ4v) is 1.48. The maximum Gasteiger partial charge on any atom is 2.00 e. The fourth-order valence-electron chi connectivity index (χ4n) is 1.48. The maximum atomic E-state index is 10.2. The van der Waals surface area contributed by atoms with Gasteiger partial charge in [-0.15, -0.1) is 0 Å². The van der Waals surface area contributed by atoms with Crippen LogP contribution in [0.2, 0.25) is 0 Å². The fraction of sp³-hybridized carbons (Fsp3) is 0. The van der Waals surface area contributed by atoms with Gasteiger partial charge in [0.15, 0.2) is 0 Å². The van der Waals surface area contributed by atoms with E-state index in [1.807, 2.05) is 0 Å². The Morgan fingerprint density at radius 2 is 0.538 bits per heavy atom. The molecule has 0 heterocycles. The molecule has 0 aromatic heterocycles. The standard InChI is InChI=1S/2C8H6O4.2Cu/c2*9-7(10)5-1-2-6(4-3-5)8(11)12;;/h2*1-4H,(H,9,10)(H,11,12);;/q;;2*+2/p-4. The minimum Gasteiger partial charge on any atom is -0.545 e. The van der Waals surface area contributed by atoms with Gasteiger partial charge in [-0.05, 0) is 22.3 Å². The van der Waals surface area contributed by atoms with Gasteiger partial charge in [0.1, 0.15) is 0 Å². The van der Waals surface area contributed by atoms with Gasteiger partial charge in [-0.3, -0.25) is 0 Å². The SMILES string of the molecule is O=C([O-])c1ccc(C(=O)[O-])cc1.O=C([O-])c1ccc(C(=O)[O-])cc1.[Cu+2].[Cu+2]. The van der Waals surface area contributed by atoms with E-state index >= 15 is 0 Å². The molecule has 2 rings (SSSR count). The minimum absolute atomic E-state index is 0. The van der Waals surface area contributed by atoms with Gasteiger partial charge < -0.3 is 39.6 Å². The van der Waals surface area contributed by atoms with E-state index in [0.29, 0.717) is 0 Å². The van der Waals surface area contributed by atoms with Crippen LogP contribution in [0.25, 0.3) is 0 Å². The average molecular weight is 455 g/mol. The normalized spacial score (nSPS) is 8.62. The van der Waals surface area contributed by atoms with Gasteiger partial charge in [-0.2, -0.15) is 0 Å². The summed E-state index contributed by atoms with van der Waals surface area (Å²) in [6, 6.07) is 9.23. The van der Waals surface area contributed by atoms with E-state index in [2.05, 4.69) is 0 Å². The largest absolute Gasteiger partial charge is 2.00 e. The zero-order valence-corrected chi connectivity index (χ0v) is 14.4. The molecule has 0 aliphatic rings. The Kier molecular flexibility index (Phi) is 11.7. The zero-order valence-electron chi connectivity index (χ0n) is 12.5. The molecule has 0 aliphatic carbocycles. The molecule has 0 N–H and O–H groups in total. The number of benzene rings is 2. The third-order valence-electron chi connectivity index (χ3n) is 2.71. The van der Waals surface area contributed by atoms with Crippen molar-refractivity contribution in [2.24, 2.45) is 0 Å². The van der Waals surface area contributed by atoms with Crippen LogP contribution in [0, 0.1) is 0 Å². The van der Waals surface area contributed by atoms with Crippen LogP contribution in [0.1, 0.15) is 41.4 Å². The van der Waals surface area contributed by atoms with Crippen LogP contribution >= 0.6 is 0 Å². The Hall–Kier alpha value is -2.64. The number of carbonyl (C=O) groups excluding carboxylic acids is 4. The molecular weight excluding hydrogens is 447 g/mol. The number of carboxylic acids is 4. The van der Waals surface area contributed by atoms with E-state index in [-0.39, 0.29) is 56.4 Å². The Balaban J connectivity index is 0. The summed E-state index contributed by atoms with van der Waals surface area (Å²) in [5.41, 5.74) is -0.222. The first kappa shape index (κ1) is 25.6. The first-order valence-electron chi connectivity index (χ1n) is 6.28. The summed E-state index contributed by atoms with van der Waals surface area (Å²) in [6.45, 7) is 0. The molecule has 2 aromatic rings. The quantitative estimate of drug-likeness (QED) is 0.436. The van der Waals surface area contributed by atoms with Gasteiger partial charge >= 0.3 is 34.1 Å². The summed E-state index contributed by atoms with van der Waals surface area (Å²) in [5, 5.41) is 40.8. The molecular formula is C16H8Cu2O8. The molecule has 8 nitrogen and oxygen atoms in total. The van der Waals surface area contributed by atoms with Gasteiger partial charge in [0.05, 0.1) is 23.9 Å². The van der Waals surface area contributed by atoms with Crippen LogP contribution in [0.3, 0.4) is 0 Å². The number of rotatable bonds is 4. The summed E-state index contributed by atoms with van der Waals surface area (Å²) >= 11 is 0. The van der Waals surface area contributed by atoms with Gasteiger partial charge in [0.2, 0.25) is 0 Å². The monoisotopic (exact) mass is 454 g/mol. The van der Waals surface area contributed by atoms with Crippen molar-refractivity contribution in [1.82, 2.24) is 0 Å². The zero-order chi connectivity index (χ0) is 18.3. The van der Waals surface area contributed by atoms with Crippen molar-refractivity contribution in [2.45, 2.75) is 0 Å². The summed E-state index contributed by atoms with van der Waals surface area (Å²) in [5.74, 6) is -5.33. The summed E-state index contributed by atoms with van der Waals surface area (Å²) in [7, 11) is 0. The number of hydrogen-bond acceptors (Lipinski definition) is 8. The predicted molar refractivity (Wildman–Crippen MR) is 70.2 cm³/mol. The van der Waals surface area contributed by atoms with Crippen LogP contribution < -0.4 is 20.4 Å². The Labute approximate surface area is 168 Å². The molecule has 0 fully saturated rings. The first-order valence-corrected chi connectivity index (χ1v) is 6.28. The van der Waals surface area contributed by atoms with E-state index in [1.165, 1.54) is 0 Å². The smallest absolute Gasteiger partial charge is 0.545 e. The summed E-state index contributed by atoms with van der Waals surface area (Å²) in [4.78, 5) is 40.8. The molecule has 0 spiro atoms. The number of aromatic carboxylic acids is 4. The van der Waals surface area contributed by atoms with Crippen molar-refractivity contribution in [2.75, 3.05) is 0 Å². The van der Waals surface area contributed by atoms with Crippen LogP contribution in [0.5, 0.6) is 0 Å². The Morgan fingerprint density at radius 1 is 0.423 bits per heavy atom. The summed E-state index contributed by atoms with van der Waals surface area (Å²) < 4.78 is 0. The molecule has 142 valence electrons. The second-order valence-electron chi connectivity index (χ2n) is 4.30. The molecule has 2 radical (unpaired) electrons. The average Bonchev–Trinajstić information content (AvgIpc) is 2.55. The third-order valence-corrected chi connectivity index (χ3v) is 2.71. The Bertz CT molecular complexity index is 636. The molecule has 2 aromatic carbocycles. The number of carbonyl (C=O) groups is 4. The van der Waals surface area contributed by atoms with Crippen LogP contribution in [-0.4, -0.2) is 23.9 Å². The van der Waals surface area contributed by atoms with Gasteiger partial charge in [0, 0.05) is 0 Å². The van der Waals surface area contributed by atoms with Gasteiger partial charge in [0.25, 0.3) is 0 Å². The first-order chi connectivity index (χ1) is 11.2. The Morgan fingerprint density at radius 3 is 0.615 bits per heavy atom. The number of hydrogen-bond donors (Lipinski definition) is 0. The van der Waals surface area contributed by atoms with Crippen molar-refractivity contribution in [3.8, 4) is 0 Å². The van der Waals surface area contributed by atoms with E-state index in [0.717, 1.165) is 48.5 Å². The van der Waals surface area contributed by atoms with Crippen molar-refractivity contribution < 1.29 is 73.7 Å². The molecule has 0 amide bonds. The van der Waals surface area contributed by atoms with Crippen LogP contribution in [-0.2, 0) is 34.1 Å². The molecule has 0 unspecified atom stereocenters. The van der Waals surface area contributed by atoms with Crippen LogP contribution in [0.4, 0.5) is 0 Å². The molecule has 0 atom stereocenters. The van der Waals surface area contributed by atoms with Gasteiger partial charge in [-0.1, -0.05) is 48.5 Å². The topological polar surface area (TPSA) is 161 Å².